The van der Waals surface area contributed by atoms with Gasteiger partial charge < -0.3 is 14.5 Å². The lowest BCUT2D eigenvalue weighted by Gasteiger charge is -2.08. The fourth-order valence-electron chi connectivity index (χ4n) is 3.08. The van der Waals surface area contributed by atoms with Crippen LogP contribution < -0.4 is 21.0 Å². The van der Waals surface area contributed by atoms with Crippen LogP contribution >= 0.6 is 0 Å². The van der Waals surface area contributed by atoms with Crippen molar-refractivity contribution in [3.8, 4) is 5.75 Å². The first-order valence-electron chi connectivity index (χ1n) is 10.1. The van der Waals surface area contributed by atoms with Gasteiger partial charge in [0, 0.05) is 22.7 Å². The molecule has 4 rings (SSSR count). The largest absolute Gasteiger partial charge is 0.494 e. The van der Waals surface area contributed by atoms with Crippen LogP contribution in [0.5, 0.6) is 5.75 Å². The molecule has 32 heavy (non-hydrogen) atoms. The first-order chi connectivity index (χ1) is 15.6. The predicted octanol–water partition coefficient (Wildman–Crippen LogP) is 4.33. The Bertz CT molecular complexity index is 1320. The Morgan fingerprint density at radius 1 is 0.906 bits per heavy atom. The molecule has 4 aromatic rings. The first kappa shape index (κ1) is 20.9. The molecule has 2 amide bonds. The van der Waals surface area contributed by atoms with E-state index in [4.69, 9.17) is 9.15 Å². The van der Waals surface area contributed by atoms with Gasteiger partial charge in [0.25, 0.3) is 11.8 Å². The number of carbonyl (C=O) groups excluding carboxylic acids is 2. The maximum absolute atomic E-state index is 13.0. The Kier molecular flexibility index (Phi) is 6.27. The fourth-order valence-corrected chi connectivity index (χ4v) is 3.08. The zero-order chi connectivity index (χ0) is 22.3. The van der Waals surface area contributed by atoms with Gasteiger partial charge in [0.2, 0.25) is 5.55 Å². The Morgan fingerprint density at radius 2 is 1.62 bits per heavy atom. The van der Waals surface area contributed by atoms with Gasteiger partial charge in [0.15, 0.2) is 0 Å². The fraction of sp³-hybridized carbons (Fsp3) is 0.0800. The lowest BCUT2D eigenvalue weighted by atomic mass is 10.1. The summed E-state index contributed by atoms with van der Waals surface area (Å²) < 4.78 is 11.4. The molecule has 0 unspecified atom stereocenters. The number of nitrogens with one attached hydrogen (secondary N) is 2. The molecule has 7 heteroatoms. The third kappa shape index (κ3) is 4.84. The average Bonchev–Trinajstić information content (AvgIpc) is 2.83. The van der Waals surface area contributed by atoms with Crippen LogP contribution in [-0.4, -0.2) is 18.4 Å². The SMILES string of the molecule is CCOc1ccc2cc(C(=O)Nc3ccccc3)c(=NNC(=O)c3ccccc3)oc2c1. The van der Waals surface area contributed by atoms with Crippen molar-refractivity contribution in [1.29, 1.82) is 0 Å². The maximum Gasteiger partial charge on any atom is 0.271 e. The van der Waals surface area contributed by atoms with E-state index in [1.54, 1.807) is 60.7 Å². The Labute approximate surface area is 184 Å². The van der Waals surface area contributed by atoms with E-state index in [0.717, 1.165) is 0 Å². The Hall–Kier alpha value is -4.39. The van der Waals surface area contributed by atoms with Gasteiger partial charge in [-0.1, -0.05) is 36.4 Å². The molecule has 1 aromatic heterocycles. The van der Waals surface area contributed by atoms with Crippen molar-refractivity contribution in [2.45, 2.75) is 6.92 Å². The number of amides is 2. The number of ether oxygens (including phenoxy) is 1. The summed E-state index contributed by atoms with van der Waals surface area (Å²) in [4.78, 5) is 25.4. The molecule has 0 saturated heterocycles. The minimum absolute atomic E-state index is 0.0242. The van der Waals surface area contributed by atoms with Gasteiger partial charge in [-0.25, -0.2) is 5.43 Å². The first-order valence-corrected chi connectivity index (χ1v) is 10.1. The van der Waals surface area contributed by atoms with Crippen molar-refractivity contribution in [3.05, 3.63) is 102 Å². The molecule has 0 fully saturated rings. The quantitative estimate of drug-likeness (QED) is 0.448. The number of anilines is 1. The Balaban J connectivity index is 1.74. The van der Waals surface area contributed by atoms with Crippen molar-refractivity contribution in [2.75, 3.05) is 11.9 Å². The smallest absolute Gasteiger partial charge is 0.271 e. The van der Waals surface area contributed by atoms with Crippen molar-refractivity contribution < 1.29 is 18.7 Å². The van der Waals surface area contributed by atoms with Crippen LogP contribution in [0.4, 0.5) is 5.69 Å². The summed E-state index contributed by atoms with van der Waals surface area (Å²) in [5.74, 6) is -0.202. The molecule has 160 valence electrons. The van der Waals surface area contributed by atoms with Crippen molar-refractivity contribution in [2.24, 2.45) is 5.10 Å². The molecule has 0 aliphatic heterocycles. The van der Waals surface area contributed by atoms with Crippen molar-refractivity contribution in [3.63, 3.8) is 0 Å². The normalized spacial score (nSPS) is 11.2. The number of hydrogen-bond donors (Lipinski definition) is 2. The highest BCUT2D eigenvalue weighted by Crippen LogP contribution is 2.21. The summed E-state index contributed by atoms with van der Waals surface area (Å²) >= 11 is 0. The Morgan fingerprint density at radius 3 is 2.34 bits per heavy atom. The van der Waals surface area contributed by atoms with E-state index >= 15 is 0 Å². The predicted molar refractivity (Wildman–Crippen MR) is 121 cm³/mol. The summed E-state index contributed by atoms with van der Waals surface area (Å²) in [6.45, 7) is 2.39. The van der Waals surface area contributed by atoms with Crippen molar-refractivity contribution in [1.82, 2.24) is 5.43 Å². The molecular formula is C25H21N3O4. The number of fused-ring (bicyclic) bond motifs is 1. The molecule has 7 nitrogen and oxygen atoms in total. The molecule has 0 saturated carbocycles. The topological polar surface area (TPSA) is 92.9 Å². The summed E-state index contributed by atoms with van der Waals surface area (Å²) in [5, 5.41) is 7.62. The van der Waals surface area contributed by atoms with Crippen LogP contribution in [0.3, 0.4) is 0 Å². The van der Waals surface area contributed by atoms with Gasteiger partial charge in [-0.3, -0.25) is 9.59 Å². The van der Waals surface area contributed by atoms with Gasteiger partial charge in [0.05, 0.1) is 6.61 Å². The number of nitrogens with zero attached hydrogens (tertiary/aromatic N) is 1. The number of benzene rings is 3. The lowest BCUT2D eigenvalue weighted by molar-refractivity contribution is 0.0948. The molecular weight excluding hydrogens is 406 g/mol. The molecule has 0 bridgehead atoms. The second kappa shape index (κ2) is 9.61. The number of rotatable bonds is 6. The van der Waals surface area contributed by atoms with Gasteiger partial charge in [-0.15, -0.1) is 5.10 Å². The summed E-state index contributed by atoms with van der Waals surface area (Å²) in [5.41, 5.74) is 4.15. The van der Waals surface area contributed by atoms with Crippen LogP contribution in [-0.2, 0) is 0 Å². The third-order valence-electron chi connectivity index (χ3n) is 4.60. The zero-order valence-corrected chi connectivity index (χ0v) is 17.4. The number of hydrogen-bond acceptors (Lipinski definition) is 5. The van der Waals surface area contributed by atoms with Gasteiger partial charge in [-0.05, 0) is 49.4 Å². The van der Waals surface area contributed by atoms with E-state index in [9.17, 15) is 9.59 Å². The van der Waals surface area contributed by atoms with E-state index in [-0.39, 0.29) is 11.1 Å². The zero-order valence-electron chi connectivity index (χ0n) is 17.4. The van der Waals surface area contributed by atoms with Crippen LogP contribution in [0.15, 0.2) is 94.4 Å². The third-order valence-corrected chi connectivity index (χ3v) is 4.60. The molecule has 2 N–H and O–H groups in total. The molecule has 0 spiro atoms. The molecule has 0 atom stereocenters. The van der Waals surface area contributed by atoms with Crippen LogP contribution in [0.2, 0.25) is 0 Å². The van der Waals surface area contributed by atoms with E-state index in [1.165, 1.54) is 0 Å². The summed E-state index contributed by atoms with van der Waals surface area (Å²) in [7, 11) is 0. The second-order valence-electron chi connectivity index (χ2n) is 6.84. The van der Waals surface area contributed by atoms with Crippen molar-refractivity contribution >= 4 is 28.5 Å². The van der Waals surface area contributed by atoms with Gasteiger partial charge >= 0.3 is 0 Å². The van der Waals surface area contributed by atoms with E-state index in [1.807, 2.05) is 31.2 Å². The van der Waals surface area contributed by atoms with Crippen LogP contribution in [0.1, 0.15) is 27.6 Å². The average molecular weight is 427 g/mol. The molecule has 0 aliphatic rings. The summed E-state index contributed by atoms with van der Waals surface area (Å²) in [6, 6.07) is 24.7. The lowest BCUT2D eigenvalue weighted by Crippen LogP contribution is -2.26. The van der Waals surface area contributed by atoms with Gasteiger partial charge in [0.1, 0.15) is 16.9 Å². The van der Waals surface area contributed by atoms with Crippen LogP contribution in [0, 0.1) is 0 Å². The highest BCUT2D eigenvalue weighted by atomic mass is 16.5. The molecule has 0 aliphatic carbocycles. The van der Waals surface area contributed by atoms with Gasteiger partial charge in [-0.2, -0.15) is 0 Å². The van der Waals surface area contributed by atoms with E-state index in [0.29, 0.717) is 34.6 Å². The summed E-state index contributed by atoms with van der Waals surface area (Å²) in [6.07, 6.45) is 0. The molecule has 1 heterocycles. The minimum Gasteiger partial charge on any atom is -0.494 e. The standard InChI is InChI=1S/C25H21N3O4/c1-2-31-20-14-13-18-15-21(24(30)26-19-11-7-4-8-12-19)25(32-22(18)16-20)28-27-23(29)17-9-5-3-6-10-17/h3-16H,2H2,1H3,(H,26,30)(H,27,29). The maximum atomic E-state index is 13.0. The highest BCUT2D eigenvalue weighted by molar-refractivity contribution is 6.05. The van der Waals surface area contributed by atoms with E-state index in [2.05, 4.69) is 15.8 Å². The minimum atomic E-state index is -0.418. The second-order valence-corrected chi connectivity index (χ2v) is 6.84. The molecule has 3 aromatic carbocycles. The highest BCUT2D eigenvalue weighted by Gasteiger charge is 2.14. The van der Waals surface area contributed by atoms with E-state index < -0.39 is 11.8 Å². The van der Waals surface area contributed by atoms with Crippen LogP contribution in [0.25, 0.3) is 11.0 Å². The number of carbonyl (C=O) groups is 2. The number of para-hydroxylation sites is 1. The molecule has 0 radical (unpaired) electrons. The monoisotopic (exact) mass is 427 g/mol.